The molecule has 0 saturated carbocycles. The molecule has 11 heteroatoms. The van der Waals surface area contributed by atoms with Crippen LogP contribution >= 0.6 is 0 Å². The van der Waals surface area contributed by atoms with Gasteiger partial charge in [0, 0.05) is 39.8 Å². The van der Waals surface area contributed by atoms with Crippen LogP contribution < -0.4 is 9.64 Å². The van der Waals surface area contributed by atoms with Gasteiger partial charge in [0.25, 0.3) is 0 Å². The number of hydrogen-bond donors (Lipinski definition) is 0. The fourth-order valence-corrected chi connectivity index (χ4v) is 3.67. The van der Waals surface area contributed by atoms with Crippen molar-refractivity contribution < 1.29 is 28.7 Å². The highest BCUT2D eigenvalue weighted by atomic mass is 28.3. The quantitative estimate of drug-likeness (QED) is 0.169. The predicted molar refractivity (Wildman–Crippen MR) is 123 cm³/mol. The number of carbonyl (C=O) groups excluding carboxylic acids is 1. The molecule has 0 aromatic carbocycles. The molecule has 0 aliphatic carbocycles. The summed E-state index contributed by atoms with van der Waals surface area (Å²) in [6.07, 6.45) is 1.66. The minimum Gasteiger partial charge on any atom is -0.483 e. The van der Waals surface area contributed by atoms with Gasteiger partial charge in [-0.15, -0.1) is 0 Å². The summed E-state index contributed by atoms with van der Waals surface area (Å²) < 4.78 is 22.4. The fraction of sp³-hybridized carbons (Fsp3) is 0.714. The number of ether oxygens (including phenoxy) is 4. The number of anilines is 1. The lowest BCUT2D eigenvalue weighted by molar-refractivity contribution is -0.385. The minimum absolute atomic E-state index is 0.0579. The molecule has 180 valence electrons. The number of carbonyl (C=O) groups is 1. The van der Waals surface area contributed by atoms with E-state index < -0.39 is 30.4 Å². The fourth-order valence-electron chi connectivity index (χ4n) is 2.91. The maximum atomic E-state index is 12.9. The Morgan fingerprint density at radius 2 is 1.97 bits per heavy atom. The Bertz CT molecular complexity index is 787. The van der Waals surface area contributed by atoms with Crippen LogP contribution in [0, 0.1) is 10.1 Å². The third kappa shape index (κ3) is 8.36. The van der Waals surface area contributed by atoms with E-state index in [0.29, 0.717) is 32.7 Å². The van der Waals surface area contributed by atoms with Gasteiger partial charge in [0.2, 0.25) is 11.6 Å². The van der Waals surface area contributed by atoms with Crippen molar-refractivity contribution in [1.82, 2.24) is 4.98 Å². The number of aromatic nitrogens is 1. The van der Waals surface area contributed by atoms with Gasteiger partial charge in [0.05, 0.1) is 18.1 Å². The summed E-state index contributed by atoms with van der Waals surface area (Å²) in [5, 5.41) is 12.0. The predicted octanol–water partition coefficient (Wildman–Crippen LogP) is 4.60. The first-order valence-corrected chi connectivity index (χ1v) is 14.5. The zero-order chi connectivity index (χ0) is 23.9. The maximum absolute atomic E-state index is 12.9. The monoisotopic (exact) mass is 469 g/mol. The molecule has 1 aromatic rings. The number of rotatable bonds is 9. The number of nitro groups is 1. The maximum Gasteiger partial charge on any atom is 0.418 e. The third-order valence-electron chi connectivity index (χ3n) is 4.60. The summed E-state index contributed by atoms with van der Waals surface area (Å²) in [7, 11) is -1.35. The summed E-state index contributed by atoms with van der Waals surface area (Å²) >= 11 is 0. The first-order valence-electron chi connectivity index (χ1n) is 10.8. The Balaban J connectivity index is 2.33. The number of hydrogen-bond acceptors (Lipinski definition) is 8. The molecule has 1 aromatic heterocycles. The normalized spacial score (nSPS) is 15.3. The van der Waals surface area contributed by atoms with E-state index in [0.717, 1.165) is 10.9 Å². The average molecular weight is 470 g/mol. The van der Waals surface area contributed by atoms with Gasteiger partial charge in [-0.25, -0.2) is 14.7 Å². The van der Waals surface area contributed by atoms with E-state index in [4.69, 9.17) is 18.9 Å². The van der Waals surface area contributed by atoms with Crippen molar-refractivity contribution in [1.29, 1.82) is 0 Å². The summed E-state index contributed by atoms with van der Waals surface area (Å²) in [5.74, 6) is -0.107. The average Bonchev–Trinajstić information content (AvgIpc) is 2.66. The third-order valence-corrected chi connectivity index (χ3v) is 6.30. The highest BCUT2D eigenvalue weighted by Gasteiger charge is 2.34. The Morgan fingerprint density at radius 1 is 1.31 bits per heavy atom. The van der Waals surface area contributed by atoms with Crippen LogP contribution in [0.5, 0.6) is 5.75 Å². The number of amides is 1. The van der Waals surface area contributed by atoms with E-state index in [1.165, 1.54) is 12.3 Å². The van der Waals surface area contributed by atoms with Gasteiger partial charge >= 0.3 is 11.8 Å². The second kappa shape index (κ2) is 11.1. The minimum atomic E-state index is -1.35. The SMILES string of the molecule is CC(C)(C)OC(=O)N(COCC[Si](C)(C)C)c1nccc(OC2CCOCC2)c1[N+](=O)[O-]. The van der Waals surface area contributed by atoms with Crippen LogP contribution in [-0.4, -0.2) is 62.3 Å². The molecule has 1 fully saturated rings. The van der Waals surface area contributed by atoms with Gasteiger partial charge in [-0.2, -0.15) is 0 Å². The molecule has 1 aliphatic rings. The van der Waals surface area contributed by atoms with E-state index in [1.54, 1.807) is 20.8 Å². The molecule has 0 unspecified atom stereocenters. The summed E-state index contributed by atoms with van der Waals surface area (Å²) in [5.41, 5.74) is -1.18. The molecule has 10 nitrogen and oxygen atoms in total. The van der Waals surface area contributed by atoms with Crippen LogP contribution in [0.2, 0.25) is 25.7 Å². The largest absolute Gasteiger partial charge is 0.483 e. The highest BCUT2D eigenvalue weighted by molar-refractivity contribution is 6.76. The second-order valence-corrected chi connectivity index (χ2v) is 15.5. The molecule has 0 bridgehead atoms. The first-order chi connectivity index (χ1) is 14.9. The van der Waals surface area contributed by atoms with Crippen molar-refractivity contribution in [2.45, 2.75) is 71.0 Å². The van der Waals surface area contributed by atoms with Crippen LogP contribution in [0.4, 0.5) is 16.3 Å². The zero-order valence-electron chi connectivity index (χ0n) is 19.9. The van der Waals surface area contributed by atoms with Crippen LogP contribution in [0.3, 0.4) is 0 Å². The Labute approximate surface area is 190 Å². The van der Waals surface area contributed by atoms with Crippen molar-refractivity contribution in [2.75, 3.05) is 31.5 Å². The van der Waals surface area contributed by atoms with Crippen molar-refractivity contribution in [2.24, 2.45) is 0 Å². The van der Waals surface area contributed by atoms with Gasteiger partial charge in [0.1, 0.15) is 18.4 Å². The molecular formula is C21H35N3O7Si. The van der Waals surface area contributed by atoms with Crippen LogP contribution in [0.25, 0.3) is 0 Å². The highest BCUT2D eigenvalue weighted by Crippen LogP contribution is 2.37. The lowest BCUT2D eigenvalue weighted by atomic mass is 10.1. The molecule has 2 heterocycles. The van der Waals surface area contributed by atoms with E-state index in [9.17, 15) is 14.9 Å². The van der Waals surface area contributed by atoms with Crippen molar-refractivity contribution in [3.05, 3.63) is 22.4 Å². The Hall–Kier alpha value is -2.24. The molecule has 32 heavy (non-hydrogen) atoms. The van der Waals surface area contributed by atoms with Gasteiger partial charge in [-0.1, -0.05) is 19.6 Å². The molecule has 1 aliphatic heterocycles. The molecule has 0 atom stereocenters. The van der Waals surface area contributed by atoms with E-state index >= 15 is 0 Å². The van der Waals surface area contributed by atoms with Crippen molar-refractivity contribution in [3.63, 3.8) is 0 Å². The van der Waals surface area contributed by atoms with Gasteiger partial charge in [-0.3, -0.25) is 10.1 Å². The Kier molecular flexibility index (Phi) is 8.99. The molecule has 0 spiro atoms. The molecular weight excluding hydrogens is 434 g/mol. The first kappa shape index (κ1) is 26.0. The number of pyridine rings is 1. The smallest absolute Gasteiger partial charge is 0.418 e. The number of nitrogens with zero attached hydrogens (tertiary/aromatic N) is 3. The molecule has 0 radical (unpaired) electrons. The van der Waals surface area contributed by atoms with E-state index in [2.05, 4.69) is 24.6 Å². The van der Waals surface area contributed by atoms with E-state index in [-0.39, 0.29) is 24.4 Å². The van der Waals surface area contributed by atoms with Crippen LogP contribution in [-0.2, 0) is 14.2 Å². The Morgan fingerprint density at radius 3 is 2.53 bits per heavy atom. The lowest BCUT2D eigenvalue weighted by Crippen LogP contribution is -2.39. The zero-order valence-corrected chi connectivity index (χ0v) is 20.9. The summed E-state index contributed by atoms with van der Waals surface area (Å²) in [6.45, 7) is 13.1. The molecule has 1 saturated heterocycles. The second-order valence-electron chi connectivity index (χ2n) is 9.92. The van der Waals surface area contributed by atoms with Crippen LogP contribution in [0.1, 0.15) is 33.6 Å². The van der Waals surface area contributed by atoms with E-state index in [1.807, 2.05) is 0 Å². The standard InChI is InChI=1S/C21H35N3O7Si/c1-21(2,3)31-20(25)23(15-29-13-14-32(4,5)6)19-18(24(26)27)17(7-10-22-19)30-16-8-11-28-12-9-16/h7,10,16H,8-9,11-15H2,1-6H3. The van der Waals surface area contributed by atoms with Gasteiger partial charge < -0.3 is 18.9 Å². The van der Waals surface area contributed by atoms with Crippen molar-refractivity contribution in [3.8, 4) is 5.75 Å². The van der Waals surface area contributed by atoms with Gasteiger partial charge in [0.15, 0.2) is 0 Å². The molecule has 0 N–H and O–H groups in total. The van der Waals surface area contributed by atoms with Crippen molar-refractivity contribution >= 4 is 25.7 Å². The van der Waals surface area contributed by atoms with Crippen LogP contribution in [0.15, 0.2) is 12.3 Å². The summed E-state index contributed by atoms with van der Waals surface area (Å²) in [4.78, 5) is 29.6. The summed E-state index contributed by atoms with van der Waals surface area (Å²) in [6, 6.07) is 2.33. The topological polar surface area (TPSA) is 113 Å². The van der Waals surface area contributed by atoms with Gasteiger partial charge in [-0.05, 0) is 26.8 Å². The lowest BCUT2D eigenvalue weighted by Gasteiger charge is -2.27. The molecule has 2 rings (SSSR count). The molecule has 1 amide bonds.